The van der Waals surface area contributed by atoms with Crippen molar-refractivity contribution >= 4 is 11.9 Å². The van der Waals surface area contributed by atoms with Gasteiger partial charge in [-0.15, -0.1) is 0 Å². The predicted molar refractivity (Wildman–Crippen MR) is 64.7 cm³/mol. The molecule has 0 spiro atoms. The molecule has 0 aromatic carbocycles. The number of hydrogen-bond donors (Lipinski definition) is 2. The van der Waals surface area contributed by atoms with Gasteiger partial charge < -0.3 is 10.4 Å². The van der Waals surface area contributed by atoms with Gasteiger partial charge in [0.15, 0.2) is 0 Å². The van der Waals surface area contributed by atoms with E-state index in [0.717, 1.165) is 25.9 Å². The van der Waals surface area contributed by atoms with Gasteiger partial charge in [-0.25, -0.2) is 0 Å². The average molecular weight is 242 g/mol. The molecule has 5 nitrogen and oxygen atoms in total. The second-order valence-corrected chi connectivity index (χ2v) is 4.68. The van der Waals surface area contributed by atoms with Gasteiger partial charge in [0.2, 0.25) is 5.91 Å². The molecule has 2 unspecified atom stereocenters. The Morgan fingerprint density at radius 1 is 1.65 bits per heavy atom. The molecule has 1 fully saturated rings. The van der Waals surface area contributed by atoms with Gasteiger partial charge in [0.05, 0.1) is 5.92 Å². The zero-order valence-corrected chi connectivity index (χ0v) is 10.6. The van der Waals surface area contributed by atoms with Crippen molar-refractivity contribution in [1.82, 2.24) is 10.2 Å². The molecule has 1 heterocycles. The molecule has 0 aliphatic carbocycles. The van der Waals surface area contributed by atoms with E-state index in [9.17, 15) is 9.59 Å². The zero-order chi connectivity index (χ0) is 12.8. The molecule has 0 saturated carbocycles. The molecular formula is C12H22N2O3. The number of amides is 1. The summed E-state index contributed by atoms with van der Waals surface area (Å²) in [6.07, 6.45) is 2.41. The number of carboxylic acid groups (broad SMARTS) is 1. The minimum Gasteiger partial charge on any atom is -0.481 e. The van der Waals surface area contributed by atoms with E-state index in [1.54, 1.807) is 6.92 Å². The number of hydrogen-bond acceptors (Lipinski definition) is 3. The molecule has 0 aromatic heterocycles. The SMILES string of the molecule is CCN(CC(C)C(=O)O)C1CCCNC(=O)C1. The van der Waals surface area contributed by atoms with Crippen molar-refractivity contribution in [2.45, 2.75) is 39.2 Å². The maximum atomic E-state index is 11.5. The normalized spacial score (nSPS) is 23.0. The second-order valence-electron chi connectivity index (χ2n) is 4.68. The number of nitrogens with one attached hydrogen (secondary N) is 1. The molecule has 2 N–H and O–H groups in total. The van der Waals surface area contributed by atoms with Crippen LogP contribution in [0.2, 0.25) is 0 Å². The first kappa shape index (κ1) is 14.0. The third kappa shape index (κ3) is 4.34. The minimum absolute atomic E-state index is 0.0777. The molecule has 0 bridgehead atoms. The van der Waals surface area contributed by atoms with Crippen LogP contribution in [0, 0.1) is 5.92 Å². The van der Waals surface area contributed by atoms with Crippen LogP contribution in [-0.4, -0.2) is 47.6 Å². The predicted octanol–water partition coefficient (Wildman–Crippen LogP) is 0.698. The summed E-state index contributed by atoms with van der Waals surface area (Å²) >= 11 is 0. The summed E-state index contributed by atoms with van der Waals surface area (Å²) in [6, 6.07) is 0.185. The van der Waals surface area contributed by atoms with Crippen molar-refractivity contribution < 1.29 is 14.7 Å². The molecule has 1 rings (SSSR count). The zero-order valence-electron chi connectivity index (χ0n) is 10.6. The lowest BCUT2D eigenvalue weighted by atomic mass is 10.0. The molecule has 5 heteroatoms. The number of carbonyl (C=O) groups is 2. The van der Waals surface area contributed by atoms with E-state index >= 15 is 0 Å². The molecular weight excluding hydrogens is 220 g/mol. The fourth-order valence-corrected chi connectivity index (χ4v) is 2.23. The first-order valence-electron chi connectivity index (χ1n) is 6.28. The first-order chi connectivity index (χ1) is 8.04. The molecule has 2 atom stereocenters. The van der Waals surface area contributed by atoms with E-state index in [1.807, 2.05) is 6.92 Å². The van der Waals surface area contributed by atoms with E-state index in [4.69, 9.17) is 5.11 Å². The van der Waals surface area contributed by atoms with Crippen LogP contribution in [0.5, 0.6) is 0 Å². The van der Waals surface area contributed by atoms with E-state index in [-0.39, 0.29) is 17.9 Å². The quantitative estimate of drug-likeness (QED) is 0.744. The third-order valence-corrected chi connectivity index (χ3v) is 3.31. The Morgan fingerprint density at radius 2 is 2.35 bits per heavy atom. The van der Waals surface area contributed by atoms with Crippen molar-refractivity contribution in [3.8, 4) is 0 Å². The van der Waals surface area contributed by atoms with Crippen LogP contribution in [0.25, 0.3) is 0 Å². The smallest absolute Gasteiger partial charge is 0.307 e. The van der Waals surface area contributed by atoms with Crippen molar-refractivity contribution in [2.24, 2.45) is 5.92 Å². The summed E-state index contributed by atoms with van der Waals surface area (Å²) in [4.78, 5) is 24.5. The molecule has 1 aliphatic heterocycles. The largest absolute Gasteiger partial charge is 0.481 e. The summed E-state index contributed by atoms with van der Waals surface area (Å²) in [5.74, 6) is -1.09. The average Bonchev–Trinajstić information content (AvgIpc) is 2.50. The van der Waals surface area contributed by atoms with Crippen LogP contribution in [0.15, 0.2) is 0 Å². The Balaban J connectivity index is 2.58. The number of carboxylic acids is 1. The molecule has 17 heavy (non-hydrogen) atoms. The number of rotatable bonds is 5. The summed E-state index contributed by atoms with van der Waals surface area (Å²) in [6.45, 7) is 5.76. The fraction of sp³-hybridized carbons (Fsp3) is 0.833. The van der Waals surface area contributed by atoms with Gasteiger partial charge in [-0.2, -0.15) is 0 Å². The molecule has 1 aliphatic rings. The second kappa shape index (κ2) is 6.59. The molecule has 0 radical (unpaired) electrons. The van der Waals surface area contributed by atoms with Crippen molar-refractivity contribution in [3.63, 3.8) is 0 Å². The molecule has 1 amide bonds. The Morgan fingerprint density at radius 3 is 2.94 bits per heavy atom. The van der Waals surface area contributed by atoms with Gasteiger partial charge in [-0.1, -0.05) is 13.8 Å². The highest BCUT2D eigenvalue weighted by atomic mass is 16.4. The summed E-state index contributed by atoms with van der Waals surface area (Å²) in [5, 5.41) is 11.8. The lowest BCUT2D eigenvalue weighted by molar-refractivity contribution is -0.141. The van der Waals surface area contributed by atoms with Crippen molar-refractivity contribution in [1.29, 1.82) is 0 Å². The van der Waals surface area contributed by atoms with Crippen molar-refractivity contribution in [2.75, 3.05) is 19.6 Å². The lowest BCUT2D eigenvalue weighted by Crippen LogP contribution is -2.41. The Bertz CT molecular complexity index is 281. The Labute approximate surface area is 102 Å². The number of nitrogens with zero attached hydrogens (tertiary/aromatic N) is 1. The molecule has 0 aromatic rings. The van der Waals surface area contributed by atoms with Crippen LogP contribution in [0.1, 0.15) is 33.1 Å². The van der Waals surface area contributed by atoms with Gasteiger partial charge in [0.1, 0.15) is 0 Å². The first-order valence-corrected chi connectivity index (χ1v) is 6.28. The van der Waals surface area contributed by atoms with Gasteiger partial charge in [-0.05, 0) is 19.4 Å². The minimum atomic E-state index is -0.776. The van der Waals surface area contributed by atoms with E-state index in [1.165, 1.54) is 0 Å². The Hall–Kier alpha value is -1.10. The summed E-state index contributed by atoms with van der Waals surface area (Å²) in [5.41, 5.74) is 0. The fourth-order valence-electron chi connectivity index (χ4n) is 2.23. The topological polar surface area (TPSA) is 69.6 Å². The van der Waals surface area contributed by atoms with Gasteiger partial charge in [0, 0.05) is 25.6 Å². The highest BCUT2D eigenvalue weighted by Crippen LogP contribution is 2.15. The molecule has 98 valence electrons. The Kier molecular flexibility index (Phi) is 5.41. The monoisotopic (exact) mass is 242 g/mol. The lowest BCUT2D eigenvalue weighted by Gasteiger charge is -2.30. The van der Waals surface area contributed by atoms with Gasteiger partial charge in [0.25, 0.3) is 0 Å². The highest BCUT2D eigenvalue weighted by molar-refractivity contribution is 5.76. The maximum Gasteiger partial charge on any atom is 0.307 e. The third-order valence-electron chi connectivity index (χ3n) is 3.31. The standard InChI is InChI=1S/C12H22N2O3/c1-3-14(8-9(2)12(16)17)10-5-4-6-13-11(15)7-10/h9-10H,3-8H2,1-2H3,(H,13,15)(H,16,17). The van der Waals surface area contributed by atoms with E-state index in [0.29, 0.717) is 13.0 Å². The van der Waals surface area contributed by atoms with Crippen LogP contribution in [-0.2, 0) is 9.59 Å². The number of aliphatic carboxylic acids is 1. The van der Waals surface area contributed by atoms with Crippen LogP contribution in [0.3, 0.4) is 0 Å². The maximum absolute atomic E-state index is 11.5. The van der Waals surface area contributed by atoms with E-state index < -0.39 is 5.97 Å². The van der Waals surface area contributed by atoms with Crippen LogP contribution >= 0.6 is 0 Å². The van der Waals surface area contributed by atoms with Gasteiger partial charge in [-0.3, -0.25) is 14.5 Å². The van der Waals surface area contributed by atoms with E-state index in [2.05, 4.69) is 10.2 Å². The molecule has 1 saturated heterocycles. The van der Waals surface area contributed by atoms with Crippen LogP contribution in [0.4, 0.5) is 0 Å². The van der Waals surface area contributed by atoms with Crippen LogP contribution < -0.4 is 5.32 Å². The highest BCUT2D eigenvalue weighted by Gasteiger charge is 2.25. The summed E-state index contributed by atoms with van der Waals surface area (Å²) < 4.78 is 0. The van der Waals surface area contributed by atoms with Crippen molar-refractivity contribution in [3.05, 3.63) is 0 Å². The number of carbonyl (C=O) groups excluding carboxylic acids is 1. The summed E-state index contributed by atoms with van der Waals surface area (Å²) in [7, 11) is 0. The van der Waals surface area contributed by atoms with Gasteiger partial charge >= 0.3 is 5.97 Å².